The molecule has 0 saturated heterocycles. The third-order valence-electron chi connectivity index (χ3n) is 1.45. The van der Waals surface area contributed by atoms with Gasteiger partial charge >= 0.3 is 0 Å². The predicted octanol–water partition coefficient (Wildman–Crippen LogP) is 1.91. The zero-order valence-corrected chi connectivity index (χ0v) is 7.36. The Labute approximate surface area is 81.7 Å². The number of nitrogens with two attached hydrogens (primary N) is 1. The molecule has 0 aliphatic carbocycles. The molecule has 0 atom stereocenters. The van der Waals surface area contributed by atoms with Crippen LogP contribution >= 0.6 is 11.6 Å². The van der Waals surface area contributed by atoms with E-state index in [2.05, 4.69) is 4.98 Å². The third-order valence-corrected chi connectivity index (χ3v) is 1.74. The summed E-state index contributed by atoms with van der Waals surface area (Å²) in [6.07, 6.45) is -2.36. The molecule has 0 spiro atoms. The smallest absolute Gasteiger partial charge is 0.283 e. The van der Waals surface area contributed by atoms with E-state index in [1.165, 1.54) is 0 Å². The van der Waals surface area contributed by atoms with Crippen molar-refractivity contribution in [2.75, 3.05) is 0 Å². The SMILES string of the molecule is NC(=O)c1c(Cl)cnc(C(F)F)c1F. The zero-order chi connectivity index (χ0) is 10.9. The highest BCUT2D eigenvalue weighted by Gasteiger charge is 2.23. The fourth-order valence-corrected chi connectivity index (χ4v) is 1.08. The normalized spacial score (nSPS) is 10.6. The summed E-state index contributed by atoms with van der Waals surface area (Å²) in [6.45, 7) is 0. The van der Waals surface area contributed by atoms with Crippen molar-refractivity contribution in [1.82, 2.24) is 4.98 Å². The Morgan fingerprint density at radius 3 is 2.57 bits per heavy atom. The van der Waals surface area contributed by atoms with E-state index < -0.39 is 29.4 Å². The topological polar surface area (TPSA) is 56.0 Å². The van der Waals surface area contributed by atoms with Gasteiger partial charge in [-0.2, -0.15) is 0 Å². The van der Waals surface area contributed by atoms with Crippen LogP contribution in [0.2, 0.25) is 5.02 Å². The minimum Gasteiger partial charge on any atom is -0.365 e. The minimum absolute atomic E-state index is 0.389. The molecule has 0 radical (unpaired) electrons. The van der Waals surface area contributed by atoms with Gasteiger partial charge in [-0.15, -0.1) is 0 Å². The number of amides is 1. The fourth-order valence-electron chi connectivity index (χ4n) is 0.858. The number of rotatable bonds is 2. The summed E-state index contributed by atoms with van der Waals surface area (Å²) in [6, 6.07) is 0. The van der Waals surface area contributed by atoms with E-state index in [4.69, 9.17) is 17.3 Å². The van der Waals surface area contributed by atoms with Crippen molar-refractivity contribution in [3.63, 3.8) is 0 Å². The van der Waals surface area contributed by atoms with Gasteiger partial charge in [-0.3, -0.25) is 9.78 Å². The molecule has 76 valence electrons. The van der Waals surface area contributed by atoms with Crippen molar-refractivity contribution >= 4 is 17.5 Å². The van der Waals surface area contributed by atoms with Crippen molar-refractivity contribution in [2.45, 2.75) is 6.43 Å². The highest BCUT2D eigenvalue weighted by molar-refractivity contribution is 6.33. The summed E-state index contributed by atoms with van der Waals surface area (Å²) < 4.78 is 37.3. The molecule has 0 fully saturated rings. The Hall–Kier alpha value is -1.30. The lowest BCUT2D eigenvalue weighted by atomic mass is 10.2. The lowest BCUT2D eigenvalue weighted by Gasteiger charge is -2.05. The van der Waals surface area contributed by atoms with E-state index in [1.54, 1.807) is 0 Å². The molecular formula is C7H4ClF3N2O. The van der Waals surface area contributed by atoms with E-state index in [1.807, 2.05) is 0 Å². The van der Waals surface area contributed by atoms with Gasteiger partial charge in [0.15, 0.2) is 5.82 Å². The average molecular weight is 225 g/mol. The molecule has 1 heterocycles. The summed E-state index contributed by atoms with van der Waals surface area (Å²) in [4.78, 5) is 13.7. The first-order valence-corrected chi connectivity index (χ1v) is 3.74. The maximum Gasteiger partial charge on any atom is 0.283 e. The second-order valence-electron chi connectivity index (χ2n) is 2.35. The number of hydrogen-bond acceptors (Lipinski definition) is 2. The van der Waals surface area contributed by atoms with Crippen molar-refractivity contribution in [3.8, 4) is 0 Å². The number of nitrogens with zero attached hydrogens (tertiary/aromatic N) is 1. The van der Waals surface area contributed by atoms with Gasteiger partial charge in [0.2, 0.25) is 0 Å². The monoisotopic (exact) mass is 224 g/mol. The van der Waals surface area contributed by atoms with Crippen molar-refractivity contribution in [2.24, 2.45) is 5.73 Å². The molecule has 0 aromatic carbocycles. The highest BCUT2D eigenvalue weighted by atomic mass is 35.5. The lowest BCUT2D eigenvalue weighted by molar-refractivity contribution is 0.0994. The van der Waals surface area contributed by atoms with Crippen LogP contribution in [0.25, 0.3) is 0 Å². The second-order valence-corrected chi connectivity index (χ2v) is 2.75. The van der Waals surface area contributed by atoms with E-state index in [0.717, 1.165) is 6.20 Å². The number of carbonyl (C=O) groups is 1. The lowest BCUT2D eigenvalue weighted by Crippen LogP contribution is -2.16. The van der Waals surface area contributed by atoms with Crippen LogP contribution in [0, 0.1) is 5.82 Å². The molecule has 0 unspecified atom stereocenters. The standard InChI is InChI=1S/C7H4ClF3N2O/c8-2-1-13-5(6(10)11)4(9)3(2)7(12)14/h1,6H,(H2,12,14). The van der Waals surface area contributed by atoms with Crippen LogP contribution in [0.5, 0.6) is 0 Å². The highest BCUT2D eigenvalue weighted by Crippen LogP contribution is 2.25. The van der Waals surface area contributed by atoms with Crippen LogP contribution in [0.15, 0.2) is 6.20 Å². The molecule has 1 aromatic rings. The van der Waals surface area contributed by atoms with Crippen LogP contribution in [-0.2, 0) is 0 Å². The summed E-state index contributed by atoms with van der Waals surface area (Å²) >= 11 is 5.35. The number of halogens is 4. The van der Waals surface area contributed by atoms with Gasteiger partial charge in [-0.25, -0.2) is 13.2 Å². The van der Waals surface area contributed by atoms with Crippen molar-refractivity contribution in [1.29, 1.82) is 0 Å². The Balaban J connectivity index is 3.41. The van der Waals surface area contributed by atoms with Gasteiger partial charge in [0.1, 0.15) is 5.69 Å². The first-order valence-electron chi connectivity index (χ1n) is 3.37. The first-order chi connectivity index (χ1) is 6.45. The molecule has 3 nitrogen and oxygen atoms in total. The molecular weight excluding hydrogens is 221 g/mol. The number of hydrogen-bond donors (Lipinski definition) is 1. The summed E-state index contributed by atoms with van der Waals surface area (Å²) in [5.41, 5.74) is 2.85. The maximum absolute atomic E-state index is 13.1. The van der Waals surface area contributed by atoms with E-state index in [9.17, 15) is 18.0 Å². The zero-order valence-electron chi connectivity index (χ0n) is 6.60. The molecule has 0 aliphatic rings. The van der Waals surface area contributed by atoms with Crippen LogP contribution in [0.1, 0.15) is 22.5 Å². The summed E-state index contributed by atoms with van der Waals surface area (Å²) in [5, 5.41) is -0.389. The van der Waals surface area contributed by atoms with Crippen LogP contribution in [0.4, 0.5) is 13.2 Å². The number of alkyl halides is 2. The second kappa shape index (κ2) is 3.83. The van der Waals surface area contributed by atoms with Gasteiger partial charge in [-0.05, 0) is 0 Å². The number of aromatic nitrogens is 1. The molecule has 1 amide bonds. The quantitative estimate of drug-likeness (QED) is 0.834. The van der Waals surface area contributed by atoms with E-state index in [-0.39, 0.29) is 5.02 Å². The van der Waals surface area contributed by atoms with Gasteiger partial charge in [0, 0.05) is 6.20 Å². The summed E-state index contributed by atoms with van der Waals surface area (Å²) in [5.74, 6) is -2.68. The molecule has 7 heteroatoms. The van der Waals surface area contributed by atoms with Gasteiger partial charge < -0.3 is 5.73 Å². The Bertz CT molecular complexity index is 383. The fraction of sp³-hybridized carbons (Fsp3) is 0.143. The van der Waals surface area contributed by atoms with Crippen LogP contribution in [0.3, 0.4) is 0 Å². The van der Waals surface area contributed by atoms with E-state index in [0.29, 0.717) is 0 Å². The van der Waals surface area contributed by atoms with Gasteiger partial charge in [0.05, 0.1) is 10.6 Å². The largest absolute Gasteiger partial charge is 0.365 e. The van der Waals surface area contributed by atoms with Crippen LogP contribution < -0.4 is 5.73 Å². The van der Waals surface area contributed by atoms with Gasteiger partial charge in [-0.1, -0.05) is 11.6 Å². The average Bonchev–Trinajstić information content (AvgIpc) is 2.02. The predicted molar refractivity (Wildman–Crippen MR) is 42.7 cm³/mol. The van der Waals surface area contributed by atoms with Gasteiger partial charge in [0.25, 0.3) is 12.3 Å². The van der Waals surface area contributed by atoms with Crippen molar-refractivity contribution < 1.29 is 18.0 Å². The maximum atomic E-state index is 13.1. The molecule has 14 heavy (non-hydrogen) atoms. The molecule has 1 aromatic heterocycles. The Kier molecular flexibility index (Phi) is 2.95. The number of pyridine rings is 1. The molecule has 0 saturated carbocycles. The molecule has 2 N–H and O–H groups in total. The molecule has 1 rings (SSSR count). The Morgan fingerprint density at radius 1 is 1.57 bits per heavy atom. The first kappa shape index (κ1) is 10.8. The number of primary amides is 1. The number of carbonyl (C=O) groups excluding carboxylic acids is 1. The molecule has 0 aliphatic heterocycles. The summed E-state index contributed by atoms with van der Waals surface area (Å²) in [7, 11) is 0. The minimum atomic E-state index is -3.12. The van der Waals surface area contributed by atoms with E-state index >= 15 is 0 Å². The van der Waals surface area contributed by atoms with Crippen molar-refractivity contribution in [3.05, 3.63) is 28.3 Å². The van der Waals surface area contributed by atoms with Crippen LogP contribution in [-0.4, -0.2) is 10.9 Å². The Morgan fingerprint density at radius 2 is 2.14 bits per heavy atom. The molecule has 0 bridgehead atoms. The third kappa shape index (κ3) is 1.79.